The van der Waals surface area contributed by atoms with Gasteiger partial charge in [-0.05, 0) is 82.7 Å². The summed E-state index contributed by atoms with van der Waals surface area (Å²) in [5.41, 5.74) is 4.97. The summed E-state index contributed by atoms with van der Waals surface area (Å²) < 4.78 is 3.20. The van der Waals surface area contributed by atoms with Crippen LogP contribution in [-0.2, 0) is 0 Å². The SMILES string of the molecule is Cc1ccc(-n2nnnc2C(=Cc2ccc([N+](=O)[O-])cc2)c2nnnn2-c2ccc(C)cc2)cc1. The molecule has 35 heavy (non-hydrogen) atoms. The van der Waals surface area contributed by atoms with Crippen molar-refractivity contribution in [3.63, 3.8) is 0 Å². The van der Waals surface area contributed by atoms with Crippen molar-refractivity contribution in [3.05, 3.63) is 111 Å². The van der Waals surface area contributed by atoms with Crippen LogP contribution in [-0.4, -0.2) is 45.3 Å². The van der Waals surface area contributed by atoms with Crippen molar-refractivity contribution < 1.29 is 4.92 Å². The van der Waals surface area contributed by atoms with E-state index in [1.165, 1.54) is 12.1 Å². The molecule has 0 spiro atoms. The molecule has 0 unspecified atom stereocenters. The third kappa shape index (κ3) is 4.42. The lowest BCUT2D eigenvalue weighted by Crippen LogP contribution is -2.09. The Kier molecular flexibility index (Phi) is 5.63. The van der Waals surface area contributed by atoms with Gasteiger partial charge in [0.1, 0.15) is 0 Å². The van der Waals surface area contributed by atoms with E-state index in [0.717, 1.165) is 22.5 Å². The molecule has 0 N–H and O–H groups in total. The van der Waals surface area contributed by atoms with Crippen LogP contribution in [0, 0.1) is 24.0 Å². The summed E-state index contributed by atoms with van der Waals surface area (Å²) in [5.74, 6) is 0.825. The summed E-state index contributed by atoms with van der Waals surface area (Å²) in [7, 11) is 0. The predicted octanol–water partition coefficient (Wildman–Crippen LogP) is 3.75. The van der Waals surface area contributed by atoms with E-state index < -0.39 is 4.92 Å². The second-order valence-corrected chi connectivity index (χ2v) is 7.91. The first-order valence-corrected chi connectivity index (χ1v) is 10.7. The summed E-state index contributed by atoms with van der Waals surface area (Å²) >= 11 is 0. The van der Waals surface area contributed by atoms with Gasteiger partial charge in [-0.2, -0.15) is 9.36 Å². The average Bonchev–Trinajstić information content (AvgIpc) is 3.54. The fraction of sp³-hybridized carbons (Fsp3) is 0.0833. The second kappa shape index (κ2) is 9.06. The molecule has 0 fully saturated rings. The van der Waals surface area contributed by atoms with Crippen LogP contribution in [0.1, 0.15) is 28.3 Å². The highest BCUT2D eigenvalue weighted by atomic mass is 16.6. The topological polar surface area (TPSA) is 130 Å². The van der Waals surface area contributed by atoms with Gasteiger partial charge < -0.3 is 0 Å². The highest BCUT2D eigenvalue weighted by Gasteiger charge is 2.22. The van der Waals surface area contributed by atoms with Crippen LogP contribution in [0.25, 0.3) is 23.0 Å². The van der Waals surface area contributed by atoms with Gasteiger partial charge >= 0.3 is 0 Å². The van der Waals surface area contributed by atoms with E-state index >= 15 is 0 Å². The van der Waals surface area contributed by atoms with Crippen LogP contribution in [0.4, 0.5) is 5.69 Å². The Morgan fingerprint density at radius 1 is 0.743 bits per heavy atom. The molecule has 5 aromatic rings. The van der Waals surface area contributed by atoms with Crippen LogP contribution in [0.15, 0.2) is 72.8 Å². The normalized spacial score (nSPS) is 10.8. The van der Waals surface area contributed by atoms with Gasteiger partial charge in [0.15, 0.2) is 11.6 Å². The summed E-state index contributed by atoms with van der Waals surface area (Å²) in [6.07, 6.45) is 1.80. The van der Waals surface area contributed by atoms with Crippen LogP contribution in [0.2, 0.25) is 0 Å². The Hall–Kier alpha value is -5.06. The standard InChI is InChI=1S/C24H19N9O2/c1-16-3-9-19(10-4-16)31-23(25-27-29-31)22(15-18-7-13-21(14-8-18)33(34)35)24-26-28-30-32(24)20-11-5-17(2)6-12-20/h3-15H,1-2H3. The summed E-state index contributed by atoms with van der Waals surface area (Å²) in [6.45, 7) is 4.00. The maximum Gasteiger partial charge on any atom is 0.269 e. The minimum absolute atomic E-state index is 0.00215. The van der Waals surface area contributed by atoms with Crippen LogP contribution in [0.3, 0.4) is 0 Å². The van der Waals surface area contributed by atoms with Gasteiger partial charge in [-0.3, -0.25) is 10.1 Å². The summed E-state index contributed by atoms with van der Waals surface area (Å²) in [4.78, 5) is 10.6. The van der Waals surface area contributed by atoms with E-state index in [9.17, 15) is 10.1 Å². The molecular weight excluding hydrogens is 446 g/mol. The average molecular weight is 465 g/mol. The number of rotatable bonds is 6. The predicted molar refractivity (Wildman–Crippen MR) is 128 cm³/mol. The number of non-ortho nitro benzene ring substituents is 1. The fourth-order valence-corrected chi connectivity index (χ4v) is 3.52. The van der Waals surface area contributed by atoms with Gasteiger partial charge in [0.05, 0.1) is 21.9 Å². The fourth-order valence-electron chi connectivity index (χ4n) is 3.52. The molecule has 5 rings (SSSR count). The lowest BCUT2D eigenvalue weighted by molar-refractivity contribution is -0.384. The lowest BCUT2D eigenvalue weighted by Gasteiger charge is -2.10. The van der Waals surface area contributed by atoms with E-state index in [1.54, 1.807) is 27.6 Å². The lowest BCUT2D eigenvalue weighted by atomic mass is 10.1. The second-order valence-electron chi connectivity index (χ2n) is 7.91. The largest absolute Gasteiger partial charge is 0.269 e. The molecule has 3 aromatic carbocycles. The molecule has 2 aromatic heterocycles. The molecule has 11 heteroatoms. The van der Waals surface area contributed by atoms with E-state index in [2.05, 4.69) is 31.1 Å². The Morgan fingerprint density at radius 2 is 1.20 bits per heavy atom. The van der Waals surface area contributed by atoms with Gasteiger partial charge in [-0.15, -0.1) is 10.2 Å². The molecule has 0 atom stereocenters. The summed E-state index contributed by atoms with van der Waals surface area (Å²) in [5, 5.41) is 35.8. The maximum absolute atomic E-state index is 11.1. The zero-order chi connectivity index (χ0) is 24.4. The van der Waals surface area contributed by atoms with Crippen molar-refractivity contribution in [2.45, 2.75) is 13.8 Å². The van der Waals surface area contributed by atoms with Crippen molar-refractivity contribution in [1.29, 1.82) is 0 Å². The Bertz CT molecular complexity index is 1430. The zero-order valence-corrected chi connectivity index (χ0v) is 18.8. The van der Waals surface area contributed by atoms with Gasteiger partial charge in [0.25, 0.3) is 5.69 Å². The molecule has 0 aliphatic heterocycles. The molecule has 11 nitrogen and oxygen atoms in total. The number of benzene rings is 3. The van der Waals surface area contributed by atoms with Crippen LogP contribution in [0.5, 0.6) is 0 Å². The third-order valence-corrected chi connectivity index (χ3v) is 5.39. The molecule has 2 heterocycles. The molecule has 0 bridgehead atoms. The first-order chi connectivity index (χ1) is 17.0. The molecule has 172 valence electrons. The van der Waals surface area contributed by atoms with E-state index in [1.807, 2.05) is 62.4 Å². The van der Waals surface area contributed by atoms with Crippen molar-refractivity contribution in [1.82, 2.24) is 40.4 Å². The van der Waals surface area contributed by atoms with Crippen molar-refractivity contribution in [2.24, 2.45) is 0 Å². The molecule has 0 radical (unpaired) electrons. The van der Waals surface area contributed by atoms with E-state index in [-0.39, 0.29) is 5.69 Å². The monoisotopic (exact) mass is 465 g/mol. The number of nitro groups is 1. The molecular formula is C24H19N9O2. The Morgan fingerprint density at radius 3 is 1.63 bits per heavy atom. The molecule has 0 aliphatic rings. The number of hydrogen-bond donors (Lipinski definition) is 0. The van der Waals surface area contributed by atoms with Crippen molar-refractivity contribution in [3.8, 4) is 11.4 Å². The van der Waals surface area contributed by atoms with Crippen LogP contribution >= 0.6 is 0 Å². The Balaban J connectivity index is 1.69. The smallest absolute Gasteiger partial charge is 0.258 e. The maximum atomic E-state index is 11.1. The number of aryl methyl sites for hydroxylation is 2. The first-order valence-electron chi connectivity index (χ1n) is 10.7. The number of aromatic nitrogens is 8. The molecule has 0 saturated heterocycles. The van der Waals surface area contributed by atoms with Gasteiger partial charge in [0.2, 0.25) is 0 Å². The van der Waals surface area contributed by atoms with Crippen molar-refractivity contribution in [2.75, 3.05) is 0 Å². The molecule has 0 saturated carbocycles. The Labute approximate surface area is 199 Å². The van der Waals surface area contributed by atoms with Gasteiger partial charge in [-0.1, -0.05) is 35.4 Å². The number of nitro benzene ring substituents is 1. The zero-order valence-electron chi connectivity index (χ0n) is 18.8. The highest BCUT2D eigenvalue weighted by Crippen LogP contribution is 2.27. The molecule has 0 aliphatic carbocycles. The van der Waals surface area contributed by atoms with Crippen LogP contribution < -0.4 is 0 Å². The summed E-state index contributed by atoms with van der Waals surface area (Å²) in [6, 6.07) is 21.7. The number of nitrogens with zero attached hydrogens (tertiary/aromatic N) is 9. The van der Waals surface area contributed by atoms with E-state index in [0.29, 0.717) is 22.8 Å². The minimum atomic E-state index is -0.440. The third-order valence-electron chi connectivity index (χ3n) is 5.39. The van der Waals surface area contributed by atoms with E-state index in [4.69, 9.17) is 0 Å². The molecule has 0 amide bonds. The first kappa shape index (κ1) is 21.8. The van der Waals surface area contributed by atoms with Gasteiger partial charge in [-0.25, -0.2) is 0 Å². The number of tetrazole rings is 2. The van der Waals surface area contributed by atoms with Gasteiger partial charge in [0, 0.05) is 12.1 Å². The highest BCUT2D eigenvalue weighted by molar-refractivity contribution is 5.87. The quantitative estimate of drug-likeness (QED) is 0.274. The minimum Gasteiger partial charge on any atom is -0.258 e. The number of hydrogen-bond acceptors (Lipinski definition) is 8. The van der Waals surface area contributed by atoms with Crippen molar-refractivity contribution >= 4 is 17.3 Å².